The third-order valence-electron chi connectivity index (χ3n) is 22.7. The quantitative estimate of drug-likeness (QED) is 0.114. The standard InChI is InChI=1S/C23H24.C22H22.C18H30.C17H28.2C16H18.C13H20.C10H14/c1-17-10-8-13-19(16-17)21-15-9-14-20(22(21)23(2,3)4)18-11-6-5-7-12-18;1-22(2,3)21-19(17-11-6-4-7-12-17)15-10-16-20(21)18-13-8-5-9-14-18;1-13(2)11-15-9-8-10-16(12-14(3)4)17(15)18(5,6)7;1-12(2)13-10-9-11-14(16(3,4)5)15(13)17(6,7)8;2*1-16(2,3)15-12-8-7-11-14(15)13-9-5-4-6-10-13;1-10(2)11-8-6-7-9-12(11)13(3,4)5;1-10(2,3)9-7-5-4-6-8-9/h5-16H,1-4H3;4-16H,1-3H3;8-10,13-14H,11-12H2,1-7H3;9-12H,1-8H3;2*4-12H,1-3H3;6-10H,1-5H3;4-8H,1-3H3/i5D,6D,7D,8D,10D,11D,12D,13D,16D;;11D2,12D2;12D;4D,5D,6D,9D,10D;;10D;. The molecule has 0 atom stereocenters. The summed E-state index contributed by atoms with van der Waals surface area (Å²) in [6, 6.07) is 86.5. The summed E-state index contributed by atoms with van der Waals surface area (Å²) in [4.78, 5) is 0. The molecular formula is C135H174. The van der Waals surface area contributed by atoms with Crippen molar-refractivity contribution < 1.29 is 27.4 Å². The second kappa shape index (κ2) is 49.2. The van der Waals surface area contributed by atoms with Gasteiger partial charge in [0, 0.05) is 8.22 Å². The van der Waals surface area contributed by atoms with Crippen molar-refractivity contribution in [3.05, 3.63) is 429 Å². The van der Waals surface area contributed by atoms with Crippen molar-refractivity contribution in [1.29, 1.82) is 0 Å². The Bertz CT molecular complexity index is 6740. The van der Waals surface area contributed by atoms with Crippen LogP contribution in [-0.2, 0) is 61.5 Å². The fraction of sp³-hybridized carbons (Fsp3) is 0.378. The maximum Gasteiger partial charge on any atom is 0.0632 e. The minimum Gasteiger partial charge on any atom is -0.0625 e. The third-order valence-corrected chi connectivity index (χ3v) is 22.7. The van der Waals surface area contributed by atoms with Crippen LogP contribution >= 0.6 is 0 Å². The van der Waals surface area contributed by atoms with Crippen molar-refractivity contribution in [3.8, 4) is 66.8 Å². The van der Waals surface area contributed by atoms with Crippen LogP contribution in [0.25, 0.3) is 66.8 Å². The predicted octanol–water partition coefficient (Wildman–Crippen LogP) is 40.1. The molecule has 0 heteroatoms. The Morgan fingerprint density at radius 3 is 0.837 bits per heavy atom. The minimum absolute atomic E-state index is 0.0280. The molecule has 714 valence electrons. The van der Waals surface area contributed by atoms with Crippen molar-refractivity contribution in [3.63, 3.8) is 0 Å². The Kier molecular flexibility index (Phi) is 30.4. The lowest BCUT2D eigenvalue weighted by Gasteiger charge is -2.33. The zero-order valence-electron chi connectivity index (χ0n) is 109. The van der Waals surface area contributed by atoms with Crippen LogP contribution in [0, 0.1) is 18.8 Å². The Labute approximate surface area is 853 Å². The zero-order valence-corrected chi connectivity index (χ0v) is 89.1. The number of rotatable bonds is 12. The average Bonchev–Trinajstić information content (AvgIpc) is 0.729. The van der Waals surface area contributed by atoms with Gasteiger partial charge in [-0.3, -0.25) is 0 Å². The molecule has 0 spiro atoms. The van der Waals surface area contributed by atoms with Crippen molar-refractivity contribution in [2.45, 2.75) is 323 Å². The van der Waals surface area contributed by atoms with Gasteiger partial charge in [0.1, 0.15) is 0 Å². The van der Waals surface area contributed by atoms with Crippen LogP contribution in [0.1, 0.15) is 359 Å². The molecule has 0 amide bonds. The summed E-state index contributed by atoms with van der Waals surface area (Å²) in [7, 11) is 0. The van der Waals surface area contributed by atoms with Gasteiger partial charge >= 0.3 is 0 Å². The highest BCUT2D eigenvalue weighted by molar-refractivity contribution is 5.82. The van der Waals surface area contributed by atoms with Crippen LogP contribution in [0.5, 0.6) is 0 Å². The van der Waals surface area contributed by atoms with Gasteiger partial charge in [-0.05, 0) is 231 Å². The summed E-state index contributed by atoms with van der Waals surface area (Å²) in [5.74, 6) is -1.41. The van der Waals surface area contributed by atoms with Crippen molar-refractivity contribution >= 4 is 0 Å². The van der Waals surface area contributed by atoms with Crippen LogP contribution in [0.15, 0.2) is 352 Å². The maximum absolute atomic E-state index is 8.59. The molecule has 0 aliphatic rings. The van der Waals surface area contributed by atoms with Crippen molar-refractivity contribution in [2.24, 2.45) is 11.8 Å². The molecule has 0 aliphatic heterocycles. The summed E-state index contributed by atoms with van der Waals surface area (Å²) in [5, 5.41) is 0. The molecule has 14 aromatic rings. The number of hydrogen-bond acceptors (Lipinski definition) is 0. The zero-order chi connectivity index (χ0) is 118. The first-order valence-corrected chi connectivity index (χ1v) is 48.2. The van der Waals surface area contributed by atoms with Crippen LogP contribution in [0.3, 0.4) is 0 Å². The summed E-state index contributed by atoms with van der Waals surface area (Å²) in [5.41, 5.74) is 24.2. The summed E-state index contributed by atoms with van der Waals surface area (Å²) >= 11 is 0. The fourth-order valence-electron chi connectivity index (χ4n) is 16.7. The van der Waals surface area contributed by atoms with E-state index in [9.17, 15) is 0 Å². The Morgan fingerprint density at radius 2 is 0.496 bits per heavy atom. The van der Waals surface area contributed by atoms with Gasteiger partial charge < -0.3 is 0 Å². The van der Waals surface area contributed by atoms with E-state index in [1.54, 1.807) is 31.2 Å². The van der Waals surface area contributed by atoms with E-state index in [0.29, 0.717) is 38.8 Å². The van der Waals surface area contributed by atoms with E-state index in [0.717, 1.165) is 22.3 Å². The second-order valence-corrected chi connectivity index (χ2v) is 45.4. The second-order valence-electron chi connectivity index (χ2n) is 45.4. The lowest BCUT2D eigenvalue weighted by molar-refractivity contribution is 0.521. The molecule has 0 bridgehead atoms. The van der Waals surface area contributed by atoms with Gasteiger partial charge in [-0.25, -0.2) is 0 Å². The van der Waals surface area contributed by atoms with Crippen molar-refractivity contribution in [1.82, 2.24) is 0 Å². The summed E-state index contributed by atoms with van der Waals surface area (Å²) < 4.78 is 164. The van der Waals surface area contributed by atoms with Gasteiger partial charge in [0.15, 0.2) is 0 Å². The first kappa shape index (κ1) is 83.5. The largest absolute Gasteiger partial charge is 0.0632 e. The molecule has 0 heterocycles. The molecule has 0 radical (unpaired) electrons. The Hall–Kier alpha value is -10.9. The van der Waals surface area contributed by atoms with Crippen LogP contribution < -0.4 is 0 Å². The molecule has 0 aromatic heterocycles. The number of hydrogen-bond donors (Lipinski definition) is 0. The van der Waals surface area contributed by atoms with Gasteiger partial charge in [-0.15, -0.1) is 0 Å². The van der Waals surface area contributed by atoms with E-state index in [-0.39, 0.29) is 138 Å². The van der Waals surface area contributed by atoms with E-state index in [4.69, 9.17) is 27.4 Å². The highest BCUT2D eigenvalue weighted by atomic mass is 14.4. The molecule has 14 aromatic carbocycles. The average molecular weight is 1820 g/mol. The molecule has 0 nitrogen and oxygen atoms in total. The lowest BCUT2D eigenvalue weighted by atomic mass is 9.71. The Morgan fingerprint density at radius 1 is 0.222 bits per heavy atom. The fourth-order valence-corrected chi connectivity index (χ4v) is 16.7. The molecule has 14 rings (SSSR count). The molecule has 135 heavy (non-hydrogen) atoms. The SMILES string of the molecule is CC(C)(C)c1c(-c2ccccc2)cccc1-c1ccccc1.CC(C)(C)c1ccccc1.CC(C)(C)c1ccccc1-c1ccccc1.[2H]C(C)(C)c1cccc(C(C)(C)C)c1C(C)(C)C.[2H]C(C)(C)c1ccccc1C(C)(C)C.[2H]C([2H])(c1cccc(C([2H])([2H])C(C)C)c1C(C)(C)C)C(C)C.[2H]c1c([2H])c([2H])c(-c2cccc(-c3c([2H])c([2H])c([2H])c(C)c3[2H])c2C(C)(C)C)c([2H])c1[2H].[2H]c1c([2H])c([2H])c(-c2ccccc2C(C)(C)C)c([2H])c1[2H]. The normalized spacial score (nSPS) is 14.4. The molecule has 0 unspecified atom stereocenters. The minimum atomic E-state index is -1.48. The van der Waals surface area contributed by atoms with E-state index in [1.165, 1.54) is 66.8 Å². The molecule has 0 fully saturated rings. The van der Waals surface area contributed by atoms with E-state index >= 15 is 0 Å². The predicted molar refractivity (Wildman–Crippen MR) is 602 cm³/mol. The van der Waals surface area contributed by atoms with Crippen molar-refractivity contribution in [2.75, 3.05) is 0 Å². The van der Waals surface area contributed by atoms with E-state index < -0.39 is 48.1 Å². The Balaban J connectivity index is 0.000000243. The first-order valence-electron chi connectivity index (χ1n) is 58.2. The van der Waals surface area contributed by atoms with Crippen LogP contribution in [0.4, 0.5) is 0 Å². The van der Waals surface area contributed by atoms with Crippen LogP contribution in [0.2, 0.25) is 0 Å². The van der Waals surface area contributed by atoms with Gasteiger partial charge in [-0.2, -0.15) is 0 Å². The van der Waals surface area contributed by atoms with Gasteiger partial charge in [0.05, 0.1) is 19.2 Å². The highest BCUT2D eigenvalue weighted by Crippen LogP contribution is 2.45. The third kappa shape index (κ3) is 34.1. The topological polar surface area (TPSA) is 0 Å². The molecule has 0 aliphatic carbocycles. The van der Waals surface area contributed by atoms with Crippen LogP contribution in [-0.4, -0.2) is 0 Å². The molecule has 0 N–H and O–H groups in total. The van der Waals surface area contributed by atoms with Gasteiger partial charge in [0.2, 0.25) is 0 Å². The number of benzene rings is 14. The monoisotopic (exact) mass is 1820 g/mol. The smallest absolute Gasteiger partial charge is 0.0625 e. The van der Waals surface area contributed by atoms with Gasteiger partial charge in [-0.1, -0.05) is 599 Å². The highest BCUT2D eigenvalue weighted by Gasteiger charge is 2.31. The summed E-state index contributed by atoms with van der Waals surface area (Å²) in [6.45, 7) is 75.2. The maximum atomic E-state index is 8.59. The summed E-state index contributed by atoms with van der Waals surface area (Å²) in [6.07, 6.45) is -2.96. The molecule has 0 saturated carbocycles. The first-order chi connectivity index (χ1) is 70.9. The van der Waals surface area contributed by atoms with E-state index in [2.05, 4.69) is 325 Å². The lowest BCUT2D eigenvalue weighted by Crippen LogP contribution is -2.24. The molecular weight excluding hydrogens is 1620 g/mol. The molecule has 0 saturated heterocycles. The van der Waals surface area contributed by atoms with E-state index in [1.807, 2.05) is 160 Å². The van der Waals surface area contributed by atoms with Gasteiger partial charge in [0.25, 0.3) is 0 Å².